The fourth-order valence-corrected chi connectivity index (χ4v) is 5.24. The van der Waals surface area contributed by atoms with Crippen LogP contribution in [0.5, 0.6) is 0 Å². The zero-order valence-corrected chi connectivity index (χ0v) is 12.8. The van der Waals surface area contributed by atoms with E-state index in [1.54, 1.807) is 13.8 Å². The summed E-state index contributed by atoms with van der Waals surface area (Å²) in [6.07, 6.45) is 0.0825. The first-order chi connectivity index (χ1) is 9.64. The molecule has 8 atom stereocenters. The summed E-state index contributed by atoms with van der Waals surface area (Å²) >= 11 is 6.36. The summed E-state index contributed by atoms with van der Waals surface area (Å²) in [7, 11) is 0. The molecular weight excluding hydrogens is 296 g/mol. The number of epoxide rings is 1. The van der Waals surface area contributed by atoms with Gasteiger partial charge in [-0.25, -0.2) is 4.79 Å². The molecule has 1 unspecified atom stereocenters. The molecule has 2 heterocycles. The third-order valence-corrected chi connectivity index (χ3v) is 6.74. The van der Waals surface area contributed by atoms with Crippen LogP contribution in [0.3, 0.4) is 0 Å². The summed E-state index contributed by atoms with van der Waals surface area (Å²) in [5, 5.41) is 21.2. The van der Waals surface area contributed by atoms with E-state index in [2.05, 4.69) is 6.58 Å². The number of alkyl halides is 1. The standard InChI is InChI=1S/C15H19ClO5/c1-6-7-4-5-13(2,18)15-9(8(7)20-12(6)17)14(3,19)10(16)11(15)21-15/h7-11,18-19H,1,4-5H2,2-3H3/t7-,8-,9?,10-,11+,13+,14-,15-/m0/s1. The van der Waals surface area contributed by atoms with Crippen LogP contribution in [0.25, 0.3) is 0 Å². The van der Waals surface area contributed by atoms with Gasteiger partial charge in [-0.2, -0.15) is 0 Å². The molecule has 2 saturated heterocycles. The van der Waals surface area contributed by atoms with Crippen LogP contribution < -0.4 is 0 Å². The van der Waals surface area contributed by atoms with Crippen molar-refractivity contribution in [1.29, 1.82) is 0 Å². The number of esters is 1. The zero-order chi connectivity index (χ0) is 15.4. The van der Waals surface area contributed by atoms with Crippen LogP contribution in [0.4, 0.5) is 0 Å². The predicted molar refractivity (Wildman–Crippen MR) is 73.7 cm³/mol. The van der Waals surface area contributed by atoms with Crippen LogP contribution >= 0.6 is 11.6 Å². The van der Waals surface area contributed by atoms with E-state index in [1.165, 1.54) is 0 Å². The Labute approximate surface area is 127 Å². The summed E-state index contributed by atoms with van der Waals surface area (Å²) in [6.45, 7) is 7.17. The third kappa shape index (κ3) is 1.37. The van der Waals surface area contributed by atoms with E-state index < -0.39 is 46.3 Å². The molecule has 4 aliphatic rings. The van der Waals surface area contributed by atoms with Gasteiger partial charge in [0, 0.05) is 11.5 Å². The number of fused-ring (bicyclic) bond motifs is 2. The first kappa shape index (κ1) is 14.0. The lowest BCUT2D eigenvalue weighted by Crippen LogP contribution is -2.56. The van der Waals surface area contributed by atoms with E-state index in [0.717, 1.165) is 0 Å². The Hall–Kier alpha value is -0.620. The Morgan fingerprint density at radius 1 is 1.38 bits per heavy atom. The lowest BCUT2D eigenvalue weighted by Gasteiger charge is -2.40. The second-order valence-corrected chi connectivity index (χ2v) is 7.72. The van der Waals surface area contributed by atoms with Gasteiger partial charge in [0.05, 0.1) is 22.5 Å². The highest BCUT2D eigenvalue weighted by Crippen LogP contribution is 2.69. The van der Waals surface area contributed by atoms with Crippen LogP contribution in [-0.2, 0) is 14.3 Å². The number of rotatable bonds is 0. The first-order valence-corrected chi connectivity index (χ1v) is 7.74. The van der Waals surface area contributed by atoms with Crippen molar-refractivity contribution in [2.75, 3.05) is 0 Å². The highest BCUT2D eigenvalue weighted by atomic mass is 35.5. The largest absolute Gasteiger partial charge is 0.458 e. The molecular formula is C15H19ClO5. The quantitative estimate of drug-likeness (QED) is 0.299. The minimum Gasteiger partial charge on any atom is -0.458 e. The number of hydrogen-bond acceptors (Lipinski definition) is 5. The third-order valence-electron chi connectivity index (χ3n) is 6.07. The van der Waals surface area contributed by atoms with Gasteiger partial charge in [-0.1, -0.05) is 6.58 Å². The molecule has 0 amide bonds. The molecule has 0 aromatic rings. The molecule has 0 aromatic heterocycles. The fourth-order valence-electron chi connectivity index (χ4n) is 4.86. The summed E-state index contributed by atoms with van der Waals surface area (Å²) in [6, 6.07) is 0. The van der Waals surface area contributed by atoms with E-state index in [9.17, 15) is 15.0 Å². The lowest BCUT2D eigenvalue weighted by molar-refractivity contribution is -0.159. The Bertz CT molecular complexity index is 556. The summed E-state index contributed by atoms with van der Waals surface area (Å²) < 4.78 is 11.3. The SMILES string of the molecule is C=C1C(=O)O[C@@H]2C3[C@](C)(O)[C@@H](Cl)[C@H]4O[C@@]34[C@](C)(O)CC[C@@H]12. The monoisotopic (exact) mass is 314 g/mol. The molecule has 2 aliphatic heterocycles. The molecule has 0 bridgehead atoms. The average Bonchev–Trinajstić information content (AvgIpc) is 3.03. The van der Waals surface area contributed by atoms with Crippen LogP contribution in [0.2, 0.25) is 0 Å². The van der Waals surface area contributed by atoms with Crippen molar-refractivity contribution >= 4 is 17.6 Å². The molecule has 4 fully saturated rings. The molecule has 116 valence electrons. The van der Waals surface area contributed by atoms with Crippen molar-refractivity contribution in [1.82, 2.24) is 0 Å². The predicted octanol–water partition coefficient (Wildman–Crippen LogP) is 0.755. The average molecular weight is 315 g/mol. The second-order valence-electron chi connectivity index (χ2n) is 7.25. The van der Waals surface area contributed by atoms with Crippen LogP contribution in [0.15, 0.2) is 12.2 Å². The normalized spacial score (nSPS) is 61.7. The van der Waals surface area contributed by atoms with Crippen molar-refractivity contribution in [3.63, 3.8) is 0 Å². The number of ether oxygens (including phenoxy) is 2. The van der Waals surface area contributed by atoms with Crippen LogP contribution in [0.1, 0.15) is 26.7 Å². The Balaban J connectivity index is 1.87. The molecule has 5 nitrogen and oxygen atoms in total. The first-order valence-electron chi connectivity index (χ1n) is 7.31. The van der Waals surface area contributed by atoms with Gasteiger partial charge < -0.3 is 19.7 Å². The molecule has 0 aromatic carbocycles. The van der Waals surface area contributed by atoms with E-state index in [4.69, 9.17) is 21.1 Å². The van der Waals surface area contributed by atoms with Gasteiger partial charge >= 0.3 is 5.97 Å². The summed E-state index contributed by atoms with van der Waals surface area (Å²) in [5.41, 5.74) is -2.91. The number of carbonyl (C=O) groups excluding carboxylic acids is 1. The van der Waals surface area contributed by atoms with E-state index in [0.29, 0.717) is 18.4 Å². The van der Waals surface area contributed by atoms with Gasteiger partial charge in [0.1, 0.15) is 17.8 Å². The molecule has 2 aliphatic carbocycles. The highest BCUT2D eigenvalue weighted by molar-refractivity contribution is 6.22. The summed E-state index contributed by atoms with van der Waals surface area (Å²) in [4.78, 5) is 11.9. The van der Waals surface area contributed by atoms with Gasteiger partial charge in [-0.15, -0.1) is 11.6 Å². The molecule has 21 heavy (non-hydrogen) atoms. The topological polar surface area (TPSA) is 79.3 Å². The van der Waals surface area contributed by atoms with E-state index in [-0.39, 0.29) is 5.92 Å². The Kier molecular flexibility index (Phi) is 2.43. The van der Waals surface area contributed by atoms with Crippen molar-refractivity contribution in [3.8, 4) is 0 Å². The smallest absolute Gasteiger partial charge is 0.334 e. The maximum absolute atomic E-state index is 11.9. The van der Waals surface area contributed by atoms with E-state index >= 15 is 0 Å². The summed E-state index contributed by atoms with van der Waals surface area (Å²) in [5.74, 6) is -1.18. The number of hydrogen-bond donors (Lipinski definition) is 2. The van der Waals surface area contributed by atoms with Crippen molar-refractivity contribution < 1.29 is 24.5 Å². The van der Waals surface area contributed by atoms with Gasteiger partial charge in [0.25, 0.3) is 0 Å². The minimum atomic E-state index is -1.27. The fraction of sp³-hybridized carbons (Fsp3) is 0.800. The maximum Gasteiger partial charge on any atom is 0.334 e. The Morgan fingerprint density at radius 2 is 2.05 bits per heavy atom. The molecule has 2 N–H and O–H groups in total. The van der Waals surface area contributed by atoms with E-state index in [1.807, 2.05) is 0 Å². The minimum absolute atomic E-state index is 0.202. The van der Waals surface area contributed by atoms with Crippen LogP contribution in [-0.4, -0.2) is 50.6 Å². The van der Waals surface area contributed by atoms with Gasteiger partial charge in [-0.05, 0) is 26.7 Å². The molecule has 4 rings (SSSR count). The highest BCUT2D eigenvalue weighted by Gasteiger charge is 2.85. The molecule has 2 saturated carbocycles. The van der Waals surface area contributed by atoms with Gasteiger partial charge in [0.15, 0.2) is 0 Å². The van der Waals surface area contributed by atoms with Crippen LogP contribution in [0, 0.1) is 11.8 Å². The van der Waals surface area contributed by atoms with Crippen molar-refractivity contribution in [2.24, 2.45) is 11.8 Å². The second kappa shape index (κ2) is 3.65. The number of halogens is 1. The maximum atomic E-state index is 11.9. The number of aliphatic hydroxyl groups is 2. The zero-order valence-electron chi connectivity index (χ0n) is 12.0. The van der Waals surface area contributed by atoms with Crippen molar-refractivity contribution in [3.05, 3.63) is 12.2 Å². The number of carbonyl (C=O) groups is 1. The Morgan fingerprint density at radius 3 is 2.71 bits per heavy atom. The molecule has 1 spiro atoms. The molecule has 6 heteroatoms. The lowest BCUT2D eigenvalue weighted by atomic mass is 9.73. The van der Waals surface area contributed by atoms with Gasteiger partial charge in [0.2, 0.25) is 0 Å². The van der Waals surface area contributed by atoms with Gasteiger partial charge in [-0.3, -0.25) is 0 Å². The molecule has 0 radical (unpaired) electrons. The van der Waals surface area contributed by atoms with Crippen molar-refractivity contribution in [2.45, 2.75) is 61.1 Å².